The Morgan fingerprint density at radius 2 is 1.92 bits per heavy atom. The van der Waals surface area contributed by atoms with Gasteiger partial charge in [0, 0.05) is 30.6 Å². The lowest BCUT2D eigenvalue weighted by molar-refractivity contribution is -0.0608. The van der Waals surface area contributed by atoms with Gasteiger partial charge in [-0.1, -0.05) is 6.92 Å². The summed E-state index contributed by atoms with van der Waals surface area (Å²) in [6.07, 6.45) is 1.61. The zero-order chi connectivity index (χ0) is 9.35. The van der Waals surface area contributed by atoms with Crippen molar-refractivity contribution in [2.24, 2.45) is 5.92 Å². The van der Waals surface area contributed by atoms with Crippen molar-refractivity contribution in [3.05, 3.63) is 0 Å². The van der Waals surface area contributed by atoms with Gasteiger partial charge in [-0.05, 0) is 27.3 Å². The molecular formula is C10H21NO2. The van der Waals surface area contributed by atoms with Crippen molar-refractivity contribution in [1.29, 1.82) is 0 Å². The van der Waals surface area contributed by atoms with Gasteiger partial charge in [0.1, 0.15) is 0 Å². The summed E-state index contributed by atoms with van der Waals surface area (Å²) in [6, 6.07) is 0. The van der Waals surface area contributed by atoms with Gasteiger partial charge < -0.3 is 9.64 Å². The van der Waals surface area contributed by atoms with E-state index in [0.717, 1.165) is 13.0 Å². The third-order valence-electron chi connectivity index (χ3n) is 3.71. The highest BCUT2D eigenvalue weighted by Gasteiger charge is 2.39. The van der Waals surface area contributed by atoms with Gasteiger partial charge in [0.05, 0.1) is 6.10 Å². The number of ether oxygens (including phenoxy) is 1. The molecule has 2 radical (unpaired) electrons. The van der Waals surface area contributed by atoms with Crippen LogP contribution in [0.25, 0.3) is 0 Å². The van der Waals surface area contributed by atoms with E-state index in [4.69, 9.17) is 4.74 Å². The van der Waals surface area contributed by atoms with E-state index in [1.807, 2.05) is 7.11 Å². The number of piperidine rings is 1. The summed E-state index contributed by atoms with van der Waals surface area (Å²) < 4.78 is 5.46. The topological polar surface area (TPSA) is 41.0 Å². The van der Waals surface area contributed by atoms with Gasteiger partial charge in [-0.2, -0.15) is 0 Å². The Morgan fingerprint density at radius 1 is 1.38 bits per heavy atom. The van der Waals surface area contributed by atoms with E-state index in [2.05, 4.69) is 32.7 Å². The second kappa shape index (κ2) is 4.40. The highest BCUT2D eigenvalue weighted by molar-refractivity contribution is 4.93. The standard InChI is InChI=1S/C10H21NO.O/c1-8-9(12-5)6-7-11(4)10(8,2)3;/h8-9H,6-7H2,1-5H3;. The second-order valence-corrected chi connectivity index (χ2v) is 4.43. The summed E-state index contributed by atoms with van der Waals surface area (Å²) in [5.74, 6) is 0.612. The van der Waals surface area contributed by atoms with Crippen molar-refractivity contribution in [1.82, 2.24) is 4.90 Å². The molecule has 3 nitrogen and oxygen atoms in total. The zero-order valence-electron chi connectivity index (χ0n) is 9.33. The molecule has 78 valence electrons. The van der Waals surface area contributed by atoms with Gasteiger partial charge in [-0.3, -0.25) is 0 Å². The molecule has 0 aromatic carbocycles. The van der Waals surface area contributed by atoms with E-state index >= 15 is 0 Å². The maximum Gasteiger partial charge on any atom is 0.0626 e. The first-order valence-corrected chi connectivity index (χ1v) is 4.74. The van der Waals surface area contributed by atoms with Crippen LogP contribution in [0, 0.1) is 5.92 Å². The van der Waals surface area contributed by atoms with Crippen molar-refractivity contribution in [2.45, 2.75) is 38.8 Å². The Bertz CT molecular complexity index is 159. The lowest BCUT2D eigenvalue weighted by atomic mass is 9.79. The van der Waals surface area contributed by atoms with Crippen molar-refractivity contribution in [2.75, 3.05) is 20.7 Å². The van der Waals surface area contributed by atoms with E-state index in [1.54, 1.807) is 0 Å². The van der Waals surface area contributed by atoms with E-state index < -0.39 is 0 Å². The highest BCUT2D eigenvalue weighted by Crippen LogP contribution is 2.32. The fourth-order valence-corrected chi connectivity index (χ4v) is 1.98. The molecule has 13 heavy (non-hydrogen) atoms. The highest BCUT2D eigenvalue weighted by atomic mass is 16.5. The number of methoxy groups -OCH3 is 1. The molecule has 1 saturated heterocycles. The zero-order valence-corrected chi connectivity index (χ0v) is 9.33. The summed E-state index contributed by atoms with van der Waals surface area (Å²) in [5.41, 5.74) is 0.277. The van der Waals surface area contributed by atoms with Gasteiger partial charge >= 0.3 is 0 Å². The van der Waals surface area contributed by atoms with Gasteiger partial charge in [-0.25, -0.2) is 0 Å². The number of nitrogens with zero attached hydrogens (tertiary/aromatic N) is 1. The van der Waals surface area contributed by atoms with E-state index in [-0.39, 0.29) is 11.0 Å². The molecule has 1 aliphatic heterocycles. The first kappa shape index (κ1) is 12.9. The van der Waals surface area contributed by atoms with Gasteiger partial charge in [0.25, 0.3) is 0 Å². The molecule has 0 aromatic rings. The largest absolute Gasteiger partial charge is 0.381 e. The molecule has 1 aliphatic rings. The summed E-state index contributed by atoms with van der Waals surface area (Å²) in [7, 11) is 4.02. The third kappa shape index (κ3) is 2.22. The molecule has 0 amide bonds. The summed E-state index contributed by atoms with van der Waals surface area (Å²) in [4.78, 5) is 2.42. The van der Waals surface area contributed by atoms with Crippen molar-refractivity contribution >= 4 is 0 Å². The maximum absolute atomic E-state index is 5.46. The van der Waals surface area contributed by atoms with Crippen molar-refractivity contribution in [3.63, 3.8) is 0 Å². The van der Waals surface area contributed by atoms with E-state index in [0.29, 0.717) is 12.0 Å². The Kier molecular flexibility index (Phi) is 4.36. The van der Waals surface area contributed by atoms with Crippen LogP contribution >= 0.6 is 0 Å². The van der Waals surface area contributed by atoms with Crippen LogP contribution < -0.4 is 0 Å². The smallest absolute Gasteiger partial charge is 0.0626 e. The molecule has 1 fully saturated rings. The molecule has 1 rings (SSSR count). The van der Waals surface area contributed by atoms with Crippen molar-refractivity contribution < 1.29 is 10.2 Å². The van der Waals surface area contributed by atoms with Crippen LogP contribution in [0.3, 0.4) is 0 Å². The summed E-state index contributed by atoms with van der Waals surface area (Å²) in [5, 5.41) is 0. The Labute approximate surface area is 81.4 Å². The lowest BCUT2D eigenvalue weighted by Crippen LogP contribution is -2.55. The summed E-state index contributed by atoms with van der Waals surface area (Å²) in [6.45, 7) is 8.02. The number of hydrogen-bond donors (Lipinski definition) is 0. The Hall–Kier alpha value is -0.120. The number of rotatable bonds is 1. The lowest BCUT2D eigenvalue weighted by Gasteiger charge is -2.48. The van der Waals surface area contributed by atoms with Crippen LogP contribution in [0.2, 0.25) is 0 Å². The minimum Gasteiger partial charge on any atom is -0.381 e. The normalized spacial score (nSPS) is 33.9. The molecule has 0 aromatic heterocycles. The van der Waals surface area contributed by atoms with Crippen molar-refractivity contribution in [3.8, 4) is 0 Å². The predicted molar refractivity (Wildman–Crippen MR) is 52.0 cm³/mol. The maximum atomic E-state index is 5.46. The predicted octanol–water partition coefficient (Wildman–Crippen LogP) is 1.63. The van der Waals surface area contributed by atoms with Gasteiger partial charge in [0.2, 0.25) is 0 Å². The van der Waals surface area contributed by atoms with E-state index in [1.165, 1.54) is 0 Å². The van der Waals surface area contributed by atoms with E-state index in [9.17, 15) is 0 Å². The molecule has 0 spiro atoms. The van der Waals surface area contributed by atoms with Gasteiger partial charge in [0.15, 0.2) is 0 Å². The summed E-state index contributed by atoms with van der Waals surface area (Å²) >= 11 is 0. The molecule has 0 aliphatic carbocycles. The molecule has 0 saturated carbocycles. The minimum atomic E-state index is 0. The Morgan fingerprint density at radius 3 is 2.38 bits per heavy atom. The molecule has 2 unspecified atom stereocenters. The molecule has 0 bridgehead atoms. The van der Waals surface area contributed by atoms with Gasteiger partial charge in [-0.15, -0.1) is 0 Å². The van der Waals surface area contributed by atoms with Crippen LogP contribution in [-0.4, -0.2) is 37.2 Å². The first-order chi connectivity index (χ1) is 5.50. The molecule has 2 atom stereocenters. The van der Waals surface area contributed by atoms with Crippen LogP contribution in [-0.2, 0) is 10.2 Å². The third-order valence-corrected chi connectivity index (χ3v) is 3.71. The van der Waals surface area contributed by atoms with Crippen LogP contribution in [0.4, 0.5) is 0 Å². The fraction of sp³-hybridized carbons (Fsp3) is 1.00. The Balaban J connectivity index is 0.00000144. The number of hydrogen-bond acceptors (Lipinski definition) is 2. The molecule has 1 heterocycles. The average Bonchev–Trinajstić information content (AvgIpc) is 2.02. The van der Waals surface area contributed by atoms with Crippen LogP contribution in [0.5, 0.6) is 0 Å². The molecule has 3 heteroatoms. The SMILES string of the molecule is COC1CCN(C)C(C)(C)C1C.[O]. The minimum absolute atomic E-state index is 0. The first-order valence-electron chi connectivity index (χ1n) is 4.74. The van der Waals surface area contributed by atoms with Crippen LogP contribution in [0.15, 0.2) is 0 Å². The average molecular weight is 187 g/mol. The second-order valence-electron chi connectivity index (χ2n) is 4.43. The quantitative estimate of drug-likeness (QED) is 0.626. The van der Waals surface area contributed by atoms with Crippen LogP contribution in [0.1, 0.15) is 27.2 Å². The fourth-order valence-electron chi connectivity index (χ4n) is 1.98. The molecular weight excluding hydrogens is 166 g/mol. The number of likely N-dealkylation sites (tertiary alicyclic amines) is 1. The monoisotopic (exact) mass is 187 g/mol. The molecule has 0 N–H and O–H groups in total.